The molecule has 0 aliphatic rings. The number of nitrogens with zero attached hydrogens (tertiary/aromatic N) is 1. The van der Waals surface area contributed by atoms with Gasteiger partial charge in [-0.1, -0.05) is 18.2 Å². The number of non-ortho nitro benzene ring substituents is 1. The lowest BCUT2D eigenvalue weighted by Crippen LogP contribution is -2.40. The summed E-state index contributed by atoms with van der Waals surface area (Å²) in [4.78, 5) is 33.8. The van der Waals surface area contributed by atoms with Crippen molar-refractivity contribution >= 4 is 34.9 Å². The van der Waals surface area contributed by atoms with Gasteiger partial charge in [0.15, 0.2) is 0 Å². The van der Waals surface area contributed by atoms with E-state index in [-0.39, 0.29) is 5.69 Å². The summed E-state index contributed by atoms with van der Waals surface area (Å²) in [6, 6.07) is 9.21. The topological polar surface area (TPSA) is 101 Å². The van der Waals surface area contributed by atoms with Crippen LogP contribution >= 0.6 is 11.3 Å². The predicted octanol–water partition coefficient (Wildman–Crippen LogP) is 2.13. The van der Waals surface area contributed by atoms with E-state index in [9.17, 15) is 19.7 Å². The summed E-state index contributed by atoms with van der Waals surface area (Å²) in [6.45, 7) is 0. The molecule has 1 aromatic heterocycles. The van der Waals surface area contributed by atoms with Crippen LogP contribution in [0.25, 0.3) is 6.08 Å². The Kier molecular flexibility index (Phi) is 4.99. The van der Waals surface area contributed by atoms with Crippen LogP contribution in [-0.2, 0) is 4.79 Å². The van der Waals surface area contributed by atoms with Crippen LogP contribution in [0.4, 0.5) is 5.69 Å². The van der Waals surface area contributed by atoms with Crippen molar-refractivity contribution in [1.29, 1.82) is 0 Å². The van der Waals surface area contributed by atoms with Crippen LogP contribution in [0.1, 0.15) is 15.2 Å². The molecule has 0 saturated heterocycles. The van der Waals surface area contributed by atoms with Crippen LogP contribution in [0.2, 0.25) is 0 Å². The average Bonchev–Trinajstić information content (AvgIpc) is 3.05. The molecule has 2 N–H and O–H groups in total. The molecule has 2 aromatic rings. The summed E-state index contributed by atoms with van der Waals surface area (Å²) < 4.78 is 0. The van der Waals surface area contributed by atoms with Crippen LogP contribution in [0.3, 0.4) is 0 Å². The van der Waals surface area contributed by atoms with E-state index in [1.54, 1.807) is 23.6 Å². The van der Waals surface area contributed by atoms with Crippen LogP contribution in [0.15, 0.2) is 47.9 Å². The number of hydrogen-bond acceptors (Lipinski definition) is 5. The standard InChI is InChI=1S/C14H11N3O4S/c18-13(15-16-14(19)12-5-2-8-22-12)7-6-10-3-1-4-11(9-10)17(20)21/h1-9H,(H,15,18)(H,16,19)/b7-6-. The second-order valence-corrected chi connectivity index (χ2v) is 5.05. The number of nitro benzene ring substituents is 1. The lowest BCUT2D eigenvalue weighted by Gasteiger charge is -2.02. The number of nitrogens with one attached hydrogen (secondary N) is 2. The van der Waals surface area contributed by atoms with E-state index in [0.717, 1.165) is 0 Å². The lowest BCUT2D eigenvalue weighted by molar-refractivity contribution is -0.384. The Morgan fingerprint density at radius 2 is 2.00 bits per heavy atom. The molecule has 2 rings (SSSR count). The molecule has 8 heteroatoms. The van der Waals surface area contributed by atoms with Gasteiger partial charge in [0.2, 0.25) is 0 Å². The number of carbonyl (C=O) groups excluding carboxylic acids is 2. The van der Waals surface area contributed by atoms with Crippen molar-refractivity contribution in [3.05, 3.63) is 68.4 Å². The number of carbonyl (C=O) groups is 2. The maximum Gasteiger partial charge on any atom is 0.279 e. The minimum absolute atomic E-state index is 0.0615. The van der Waals surface area contributed by atoms with Gasteiger partial charge >= 0.3 is 0 Å². The molecule has 0 atom stereocenters. The third kappa shape index (κ3) is 4.25. The fraction of sp³-hybridized carbons (Fsp3) is 0. The molecule has 22 heavy (non-hydrogen) atoms. The van der Waals surface area contributed by atoms with Crippen molar-refractivity contribution in [2.75, 3.05) is 0 Å². The normalized spacial score (nSPS) is 10.4. The van der Waals surface area contributed by atoms with Crippen LogP contribution in [0, 0.1) is 10.1 Å². The molecule has 0 spiro atoms. The second-order valence-electron chi connectivity index (χ2n) is 4.11. The fourth-order valence-electron chi connectivity index (χ4n) is 1.54. The quantitative estimate of drug-likeness (QED) is 0.512. The van der Waals surface area contributed by atoms with E-state index in [1.165, 1.54) is 41.7 Å². The monoisotopic (exact) mass is 317 g/mol. The minimum atomic E-state index is -0.545. The Bertz CT molecular complexity index is 725. The molecule has 0 radical (unpaired) electrons. The lowest BCUT2D eigenvalue weighted by atomic mass is 10.2. The van der Waals surface area contributed by atoms with Crippen LogP contribution < -0.4 is 10.9 Å². The first-order valence-corrected chi connectivity index (χ1v) is 7.00. The van der Waals surface area contributed by atoms with Crippen molar-refractivity contribution in [2.45, 2.75) is 0 Å². The van der Waals surface area contributed by atoms with Gasteiger partial charge in [0.05, 0.1) is 9.80 Å². The number of benzene rings is 1. The minimum Gasteiger partial charge on any atom is -0.268 e. The summed E-state index contributed by atoms with van der Waals surface area (Å²) in [5.74, 6) is -0.955. The Balaban J connectivity index is 1.90. The number of thiophene rings is 1. The number of rotatable bonds is 4. The number of hydrogen-bond donors (Lipinski definition) is 2. The molecule has 0 unspecified atom stereocenters. The Hall–Kier alpha value is -3.00. The van der Waals surface area contributed by atoms with Gasteiger partial charge in [0.25, 0.3) is 17.5 Å². The van der Waals surface area contributed by atoms with Crippen LogP contribution in [-0.4, -0.2) is 16.7 Å². The van der Waals surface area contributed by atoms with E-state index in [4.69, 9.17) is 0 Å². The molecule has 1 heterocycles. The maximum atomic E-state index is 11.6. The summed E-state index contributed by atoms with van der Waals surface area (Å²) in [6.07, 6.45) is 2.59. The summed E-state index contributed by atoms with van der Waals surface area (Å²) in [7, 11) is 0. The molecular weight excluding hydrogens is 306 g/mol. The fourth-order valence-corrected chi connectivity index (χ4v) is 2.16. The van der Waals surface area contributed by atoms with Gasteiger partial charge in [-0.05, 0) is 23.1 Å². The second kappa shape index (κ2) is 7.14. The van der Waals surface area contributed by atoms with E-state index in [2.05, 4.69) is 10.9 Å². The summed E-state index contributed by atoms with van der Waals surface area (Å²) in [5, 5.41) is 12.4. The Labute approximate surface area is 129 Å². The molecular formula is C14H11N3O4S. The van der Waals surface area contributed by atoms with Gasteiger partial charge < -0.3 is 0 Å². The van der Waals surface area contributed by atoms with Crippen molar-refractivity contribution in [3.8, 4) is 0 Å². The molecule has 112 valence electrons. The smallest absolute Gasteiger partial charge is 0.268 e. The third-order valence-corrected chi connectivity index (χ3v) is 3.42. The highest BCUT2D eigenvalue weighted by Gasteiger charge is 2.07. The van der Waals surface area contributed by atoms with Gasteiger partial charge in [0.1, 0.15) is 0 Å². The molecule has 2 amide bonds. The first-order valence-electron chi connectivity index (χ1n) is 6.12. The van der Waals surface area contributed by atoms with Crippen LogP contribution in [0.5, 0.6) is 0 Å². The van der Waals surface area contributed by atoms with Gasteiger partial charge in [-0.3, -0.25) is 30.6 Å². The highest BCUT2D eigenvalue weighted by Crippen LogP contribution is 2.14. The zero-order chi connectivity index (χ0) is 15.9. The van der Waals surface area contributed by atoms with Gasteiger partial charge in [-0.25, -0.2) is 0 Å². The summed E-state index contributed by atoms with van der Waals surface area (Å²) in [5.41, 5.74) is 4.94. The Morgan fingerprint density at radius 1 is 1.18 bits per heavy atom. The van der Waals surface area contributed by atoms with Gasteiger partial charge in [-0.15, -0.1) is 11.3 Å². The molecule has 0 fully saturated rings. The molecule has 0 aliphatic carbocycles. The Morgan fingerprint density at radius 3 is 2.68 bits per heavy atom. The molecule has 1 aromatic carbocycles. The zero-order valence-electron chi connectivity index (χ0n) is 11.2. The first-order chi connectivity index (χ1) is 10.6. The van der Waals surface area contributed by atoms with E-state index in [0.29, 0.717) is 10.4 Å². The van der Waals surface area contributed by atoms with Gasteiger partial charge in [0, 0.05) is 18.2 Å². The first kappa shape index (κ1) is 15.4. The third-order valence-electron chi connectivity index (χ3n) is 2.55. The molecule has 0 aliphatic heterocycles. The van der Waals surface area contributed by atoms with Gasteiger partial charge in [-0.2, -0.15) is 0 Å². The SMILES string of the molecule is O=C(/C=C\c1cccc([N+](=O)[O-])c1)NNC(=O)c1cccs1. The molecule has 0 saturated carbocycles. The molecule has 7 nitrogen and oxygen atoms in total. The largest absolute Gasteiger partial charge is 0.279 e. The number of hydrazine groups is 1. The zero-order valence-corrected chi connectivity index (χ0v) is 12.0. The summed E-state index contributed by atoms with van der Waals surface area (Å²) >= 11 is 1.25. The van der Waals surface area contributed by atoms with E-state index < -0.39 is 16.7 Å². The predicted molar refractivity (Wildman–Crippen MR) is 82.1 cm³/mol. The average molecular weight is 317 g/mol. The maximum absolute atomic E-state index is 11.6. The van der Waals surface area contributed by atoms with E-state index >= 15 is 0 Å². The highest BCUT2D eigenvalue weighted by atomic mass is 32.1. The van der Waals surface area contributed by atoms with Crippen molar-refractivity contribution in [3.63, 3.8) is 0 Å². The van der Waals surface area contributed by atoms with E-state index in [1.807, 2.05) is 0 Å². The number of amides is 2. The number of nitro groups is 1. The highest BCUT2D eigenvalue weighted by molar-refractivity contribution is 7.12. The van der Waals surface area contributed by atoms with Crippen molar-refractivity contribution in [2.24, 2.45) is 0 Å². The molecule has 0 bridgehead atoms. The van der Waals surface area contributed by atoms with Crippen molar-refractivity contribution in [1.82, 2.24) is 10.9 Å². The van der Waals surface area contributed by atoms with Crippen molar-refractivity contribution < 1.29 is 14.5 Å².